The molecule has 0 atom stereocenters. The summed E-state index contributed by atoms with van der Waals surface area (Å²) in [6.45, 7) is 0. The van der Waals surface area contributed by atoms with Gasteiger partial charge in [0.2, 0.25) is 5.12 Å². The van der Waals surface area contributed by atoms with E-state index in [-0.39, 0.29) is 10.9 Å². The van der Waals surface area contributed by atoms with Crippen LogP contribution in [0.15, 0.2) is 18.2 Å². The standard InChI is InChI=1S/C9H10O3S/c1-12-6-3-4-7(8(10)5-6)9(11)13-2/h3-5,10H,1-2H3. The lowest BCUT2D eigenvalue weighted by atomic mass is 10.2. The number of hydrogen-bond acceptors (Lipinski definition) is 4. The summed E-state index contributed by atoms with van der Waals surface area (Å²) in [5.41, 5.74) is 0.313. The van der Waals surface area contributed by atoms with Gasteiger partial charge in [0.05, 0.1) is 12.7 Å². The zero-order chi connectivity index (χ0) is 9.84. The lowest BCUT2D eigenvalue weighted by molar-refractivity contribution is 0.108. The predicted octanol–water partition coefficient (Wildman–Crippen LogP) is 1.90. The van der Waals surface area contributed by atoms with Crippen LogP contribution in [0.25, 0.3) is 0 Å². The van der Waals surface area contributed by atoms with Crippen molar-refractivity contribution in [2.75, 3.05) is 13.4 Å². The van der Waals surface area contributed by atoms with Gasteiger partial charge in [-0.2, -0.15) is 0 Å². The van der Waals surface area contributed by atoms with Crippen LogP contribution < -0.4 is 4.74 Å². The fourth-order valence-corrected chi connectivity index (χ4v) is 1.31. The van der Waals surface area contributed by atoms with Crippen molar-refractivity contribution in [3.05, 3.63) is 23.8 Å². The molecule has 4 heteroatoms. The highest BCUT2D eigenvalue weighted by Gasteiger charge is 2.09. The van der Waals surface area contributed by atoms with Crippen molar-refractivity contribution in [1.82, 2.24) is 0 Å². The normalized spacial score (nSPS) is 9.69. The third-order valence-corrected chi connectivity index (χ3v) is 2.20. The van der Waals surface area contributed by atoms with Gasteiger partial charge in [0.25, 0.3) is 0 Å². The van der Waals surface area contributed by atoms with Crippen LogP contribution in [0.5, 0.6) is 11.5 Å². The molecule has 0 unspecified atom stereocenters. The molecule has 0 fully saturated rings. The molecule has 70 valence electrons. The van der Waals surface area contributed by atoms with Crippen molar-refractivity contribution in [3.8, 4) is 11.5 Å². The van der Waals surface area contributed by atoms with Gasteiger partial charge in [0.1, 0.15) is 11.5 Å². The van der Waals surface area contributed by atoms with E-state index in [0.29, 0.717) is 11.3 Å². The van der Waals surface area contributed by atoms with Crippen molar-refractivity contribution >= 4 is 16.9 Å². The molecule has 1 aromatic rings. The van der Waals surface area contributed by atoms with E-state index in [9.17, 15) is 9.90 Å². The third kappa shape index (κ3) is 2.15. The summed E-state index contributed by atoms with van der Waals surface area (Å²) in [7, 11) is 1.50. The molecule has 3 nitrogen and oxygen atoms in total. The number of methoxy groups -OCH3 is 1. The number of ether oxygens (including phenoxy) is 1. The highest BCUT2D eigenvalue weighted by Crippen LogP contribution is 2.25. The van der Waals surface area contributed by atoms with Gasteiger partial charge in [-0.05, 0) is 18.4 Å². The first-order valence-corrected chi connectivity index (χ1v) is 4.87. The Balaban J connectivity index is 3.05. The van der Waals surface area contributed by atoms with Crippen molar-refractivity contribution in [3.63, 3.8) is 0 Å². The minimum Gasteiger partial charge on any atom is -0.507 e. The van der Waals surface area contributed by atoms with Crippen LogP contribution >= 0.6 is 11.8 Å². The van der Waals surface area contributed by atoms with Crippen LogP contribution in [0.1, 0.15) is 10.4 Å². The van der Waals surface area contributed by atoms with Crippen molar-refractivity contribution in [2.24, 2.45) is 0 Å². The van der Waals surface area contributed by atoms with E-state index in [1.807, 2.05) is 0 Å². The zero-order valence-corrected chi connectivity index (χ0v) is 8.22. The van der Waals surface area contributed by atoms with Crippen LogP contribution in [0.2, 0.25) is 0 Å². The van der Waals surface area contributed by atoms with E-state index in [0.717, 1.165) is 11.8 Å². The summed E-state index contributed by atoms with van der Waals surface area (Å²) >= 11 is 1.07. The molecule has 0 aliphatic rings. The van der Waals surface area contributed by atoms with Gasteiger partial charge in [-0.1, -0.05) is 11.8 Å². The first-order valence-electron chi connectivity index (χ1n) is 3.64. The first-order chi connectivity index (χ1) is 6.19. The SMILES string of the molecule is COc1ccc(C(=O)SC)c(O)c1. The summed E-state index contributed by atoms with van der Waals surface area (Å²) < 4.78 is 4.89. The molecule has 0 radical (unpaired) electrons. The Kier molecular flexibility index (Phi) is 3.19. The van der Waals surface area contributed by atoms with Gasteiger partial charge in [-0.25, -0.2) is 0 Å². The van der Waals surface area contributed by atoms with Crippen LogP contribution in [-0.4, -0.2) is 23.6 Å². The Labute approximate surface area is 80.7 Å². The molecule has 0 heterocycles. The molecule has 1 rings (SSSR count). The average Bonchev–Trinajstić information content (AvgIpc) is 2.16. The molecule has 0 bridgehead atoms. The average molecular weight is 198 g/mol. The van der Waals surface area contributed by atoms with Crippen molar-refractivity contribution in [1.29, 1.82) is 0 Å². The highest BCUT2D eigenvalue weighted by atomic mass is 32.2. The van der Waals surface area contributed by atoms with Gasteiger partial charge in [-0.15, -0.1) is 0 Å². The Morgan fingerprint density at radius 3 is 2.69 bits per heavy atom. The van der Waals surface area contributed by atoms with Crippen molar-refractivity contribution < 1.29 is 14.6 Å². The fourth-order valence-electron chi connectivity index (χ4n) is 0.921. The number of hydrogen-bond donors (Lipinski definition) is 1. The highest BCUT2D eigenvalue weighted by molar-refractivity contribution is 8.13. The minimum atomic E-state index is -0.153. The zero-order valence-electron chi connectivity index (χ0n) is 7.40. The lowest BCUT2D eigenvalue weighted by Crippen LogP contribution is -1.93. The molecule has 1 aromatic carbocycles. The lowest BCUT2D eigenvalue weighted by Gasteiger charge is -2.03. The molecule has 0 aromatic heterocycles. The topological polar surface area (TPSA) is 46.5 Å². The monoisotopic (exact) mass is 198 g/mol. The van der Waals surface area contributed by atoms with Gasteiger partial charge in [-0.3, -0.25) is 4.79 Å². The number of thioether (sulfide) groups is 1. The summed E-state index contributed by atoms with van der Waals surface area (Å²) in [5, 5.41) is 9.26. The number of rotatable bonds is 2. The van der Waals surface area contributed by atoms with E-state index in [4.69, 9.17) is 4.74 Å². The van der Waals surface area contributed by atoms with Crippen LogP contribution in [-0.2, 0) is 0 Å². The summed E-state index contributed by atoms with van der Waals surface area (Å²) in [4.78, 5) is 11.2. The van der Waals surface area contributed by atoms with Gasteiger partial charge < -0.3 is 9.84 Å². The smallest absolute Gasteiger partial charge is 0.222 e. The van der Waals surface area contributed by atoms with Crippen LogP contribution in [0.4, 0.5) is 0 Å². The second-order valence-corrected chi connectivity index (χ2v) is 3.15. The molecule has 13 heavy (non-hydrogen) atoms. The Hall–Kier alpha value is -1.16. The van der Waals surface area contributed by atoms with E-state index >= 15 is 0 Å². The van der Waals surface area contributed by atoms with E-state index in [1.54, 1.807) is 18.4 Å². The van der Waals surface area contributed by atoms with Gasteiger partial charge in [0, 0.05) is 6.07 Å². The number of aromatic hydroxyl groups is 1. The predicted molar refractivity (Wildman–Crippen MR) is 52.5 cm³/mol. The molecular weight excluding hydrogens is 188 g/mol. The molecular formula is C9H10O3S. The number of phenolic OH excluding ortho intramolecular Hbond substituents is 1. The minimum absolute atomic E-state index is 0.0429. The van der Waals surface area contributed by atoms with E-state index < -0.39 is 0 Å². The van der Waals surface area contributed by atoms with E-state index in [1.165, 1.54) is 13.2 Å². The van der Waals surface area contributed by atoms with Crippen LogP contribution in [0.3, 0.4) is 0 Å². The maximum Gasteiger partial charge on any atom is 0.222 e. The van der Waals surface area contributed by atoms with Gasteiger partial charge >= 0.3 is 0 Å². The second kappa shape index (κ2) is 4.18. The number of benzene rings is 1. The number of phenols is 1. The third-order valence-electron chi connectivity index (χ3n) is 1.61. The molecule has 0 amide bonds. The summed E-state index contributed by atoms with van der Waals surface area (Å²) in [5.74, 6) is 0.494. The summed E-state index contributed by atoms with van der Waals surface area (Å²) in [6, 6.07) is 4.61. The fraction of sp³-hybridized carbons (Fsp3) is 0.222. The van der Waals surface area contributed by atoms with Crippen LogP contribution in [0, 0.1) is 0 Å². The van der Waals surface area contributed by atoms with E-state index in [2.05, 4.69) is 0 Å². The second-order valence-electron chi connectivity index (χ2n) is 2.37. The quantitative estimate of drug-likeness (QED) is 0.788. The molecule has 1 N–H and O–H groups in total. The molecule has 0 aliphatic carbocycles. The Morgan fingerprint density at radius 2 is 2.23 bits per heavy atom. The molecule has 0 saturated heterocycles. The first kappa shape index (κ1) is 9.92. The maximum absolute atomic E-state index is 11.2. The Bertz CT molecular complexity index is 323. The van der Waals surface area contributed by atoms with Crippen molar-refractivity contribution in [2.45, 2.75) is 0 Å². The Morgan fingerprint density at radius 1 is 1.54 bits per heavy atom. The number of carbonyl (C=O) groups excluding carboxylic acids is 1. The maximum atomic E-state index is 11.2. The molecule has 0 saturated carbocycles. The molecule has 0 aliphatic heterocycles. The summed E-state index contributed by atoms with van der Waals surface area (Å²) in [6.07, 6.45) is 1.67. The van der Waals surface area contributed by atoms with Gasteiger partial charge in [0.15, 0.2) is 0 Å². The largest absolute Gasteiger partial charge is 0.507 e. The number of carbonyl (C=O) groups is 1. The molecule has 0 spiro atoms.